The van der Waals surface area contributed by atoms with Crippen molar-refractivity contribution in [2.24, 2.45) is 11.3 Å². The van der Waals surface area contributed by atoms with Crippen LogP contribution in [-0.4, -0.2) is 41.6 Å². The lowest BCUT2D eigenvalue weighted by Gasteiger charge is -2.41. The van der Waals surface area contributed by atoms with Crippen molar-refractivity contribution in [3.8, 4) is 11.5 Å². The second-order valence-electron chi connectivity index (χ2n) is 7.24. The van der Waals surface area contributed by atoms with Crippen molar-refractivity contribution in [1.82, 2.24) is 0 Å². The molecule has 0 aromatic heterocycles. The zero-order chi connectivity index (χ0) is 18.7. The Kier molecular flexibility index (Phi) is 3.68. The van der Waals surface area contributed by atoms with Crippen LogP contribution in [0, 0.1) is 11.3 Å². The first-order chi connectivity index (χ1) is 12.4. The minimum atomic E-state index is -1.56. The number of fused-ring (bicyclic) bond motifs is 3. The van der Waals surface area contributed by atoms with Gasteiger partial charge in [-0.3, -0.25) is 4.79 Å². The van der Waals surface area contributed by atoms with Gasteiger partial charge in [0.25, 0.3) is 0 Å². The fraction of sp³-hybridized carbons (Fsp3) is 0.450. The molecule has 2 N–H and O–H groups in total. The smallest absolute Gasteiger partial charge is 0.231 e. The number of benzene rings is 1. The normalized spacial score (nSPS) is 37.6. The standard InChI is InChI=1S/C20H22O6/c1-4-7-19-9-13(21)17(22)20(24-3,18(19)23)16(11(19)2)12-5-6-14-15(8-12)26-10-25-14/h4-6,8-9,11,16,18,21,23H,1,7,10H2,2-3H3/t11-,16+,18-,19-,20+/m0/s1. The van der Waals surface area contributed by atoms with Gasteiger partial charge in [-0.2, -0.15) is 0 Å². The van der Waals surface area contributed by atoms with E-state index in [1.54, 1.807) is 12.1 Å². The molecule has 1 heterocycles. The van der Waals surface area contributed by atoms with E-state index >= 15 is 0 Å². The highest BCUT2D eigenvalue weighted by Gasteiger charge is 2.72. The lowest BCUT2D eigenvalue weighted by atomic mass is 9.70. The van der Waals surface area contributed by atoms with Gasteiger partial charge in [0.15, 0.2) is 22.9 Å². The number of ether oxygens (including phenoxy) is 3. The summed E-state index contributed by atoms with van der Waals surface area (Å²) >= 11 is 0. The Morgan fingerprint density at radius 2 is 2.12 bits per heavy atom. The maximum absolute atomic E-state index is 13.0. The Morgan fingerprint density at radius 3 is 2.81 bits per heavy atom. The van der Waals surface area contributed by atoms with Gasteiger partial charge in [0.1, 0.15) is 6.10 Å². The number of carbonyl (C=O) groups excluding carboxylic acids is 1. The van der Waals surface area contributed by atoms with Gasteiger partial charge in [-0.25, -0.2) is 0 Å². The van der Waals surface area contributed by atoms with Crippen molar-refractivity contribution < 1.29 is 29.2 Å². The van der Waals surface area contributed by atoms with Crippen molar-refractivity contribution in [2.75, 3.05) is 13.9 Å². The van der Waals surface area contributed by atoms with Gasteiger partial charge in [-0.05, 0) is 36.1 Å². The average Bonchev–Trinajstić information content (AvgIpc) is 3.14. The number of allylic oxidation sites excluding steroid dienone is 1. The molecule has 0 unspecified atom stereocenters. The number of carbonyl (C=O) groups is 1. The molecule has 2 aliphatic carbocycles. The Bertz CT molecular complexity index is 815. The first-order valence-electron chi connectivity index (χ1n) is 8.62. The third kappa shape index (κ3) is 1.86. The summed E-state index contributed by atoms with van der Waals surface area (Å²) in [5.74, 6) is -0.384. The summed E-state index contributed by atoms with van der Waals surface area (Å²) in [6.07, 6.45) is 2.49. The third-order valence-electron chi connectivity index (χ3n) is 6.31. The van der Waals surface area contributed by atoms with Crippen LogP contribution in [0.4, 0.5) is 0 Å². The SMILES string of the molecule is C=CC[C@]12C=C(O)C(=O)[C@](OC)([C@@H](c3ccc4c(c3)OCO4)[C@@H]1C)[C@H]2O. The largest absolute Gasteiger partial charge is 0.505 e. The Hall–Kier alpha value is -2.31. The molecule has 1 aromatic rings. The fourth-order valence-corrected chi connectivity index (χ4v) is 5.08. The van der Waals surface area contributed by atoms with Crippen LogP contribution in [0.15, 0.2) is 42.7 Å². The van der Waals surface area contributed by atoms with E-state index in [4.69, 9.17) is 14.2 Å². The van der Waals surface area contributed by atoms with E-state index in [1.165, 1.54) is 13.2 Å². The Labute approximate surface area is 151 Å². The van der Waals surface area contributed by atoms with Crippen molar-refractivity contribution >= 4 is 5.78 Å². The third-order valence-corrected chi connectivity index (χ3v) is 6.31. The lowest BCUT2D eigenvalue weighted by molar-refractivity contribution is -0.161. The van der Waals surface area contributed by atoms with Crippen molar-refractivity contribution in [2.45, 2.75) is 31.0 Å². The number of methoxy groups -OCH3 is 1. The van der Waals surface area contributed by atoms with Gasteiger partial charge in [0.2, 0.25) is 12.6 Å². The molecule has 1 aromatic carbocycles. The average molecular weight is 358 g/mol. The second-order valence-corrected chi connectivity index (χ2v) is 7.24. The molecule has 3 aliphatic rings. The molecule has 1 fully saturated rings. The molecule has 6 heteroatoms. The van der Waals surface area contributed by atoms with E-state index in [2.05, 4.69) is 6.58 Å². The van der Waals surface area contributed by atoms with Crippen molar-refractivity contribution in [3.63, 3.8) is 0 Å². The first kappa shape index (κ1) is 17.1. The number of hydrogen-bond donors (Lipinski definition) is 2. The van der Waals surface area contributed by atoms with E-state index in [-0.39, 0.29) is 18.5 Å². The monoisotopic (exact) mass is 358 g/mol. The van der Waals surface area contributed by atoms with Gasteiger partial charge in [-0.15, -0.1) is 6.58 Å². The molecular weight excluding hydrogens is 336 g/mol. The van der Waals surface area contributed by atoms with E-state index in [0.717, 1.165) is 5.56 Å². The highest BCUT2D eigenvalue weighted by atomic mass is 16.7. The summed E-state index contributed by atoms with van der Waals surface area (Å²) in [5, 5.41) is 21.6. The highest BCUT2D eigenvalue weighted by molar-refractivity contribution is 6.03. The minimum Gasteiger partial charge on any atom is -0.505 e. The number of aliphatic hydroxyl groups is 2. The van der Waals surface area contributed by atoms with Gasteiger partial charge in [-0.1, -0.05) is 19.1 Å². The predicted octanol–water partition coefficient (Wildman–Crippen LogP) is 2.48. The molecule has 2 bridgehead atoms. The molecule has 0 spiro atoms. The molecule has 4 rings (SSSR count). The minimum absolute atomic E-state index is 0.152. The molecule has 1 aliphatic heterocycles. The topological polar surface area (TPSA) is 85.2 Å². The maximum atomic E-state index is 13.0. The molecular formula is C20H22O6. The summed E-state index contributed by atoms with van der Waals surface area (Å²) < 4.78 is 16.5. The van der Waals surface area contributed by atoms with Gasteiger partial charge in [0, 0.05) is 18.4 Å². The molecule has 1 saturated carbocycles. The summed E-state index contributed by atoms with van der Waals surface area (Å²) in [6, 6.07) is 5.47. The Morgan fingerprint density at radius 1 is 1.38 bits per heavy atom. The zero-order valence-corrected chi connectivity index (χ0v) is 14.8. The summed E-state index contributed by atoms with van der Waals surface area (Å²) in [5.41, 5.74) is -1.60. The molecule has 26 heavy (non-hydrogen) atoms. The number of aliphatic hydroxyl groups excluding tert-OH is 2. The van der Waals surface area contributed by atoms with E-state index in [9.17, 15) is 15.0 Å². The quantitative estimate of drug-likeness (QED) is 0.805. The van der Waals surface area contributed by atoms with Crippen LogP contribution in [0.25, 0.3) is 0 Å². The summed E-state index contributed by atoms with van der Waals surface area (Å²) in [7, 11) is 1.40. The highest BCUT2D eigenvalue weighted by Crippen LogP contribution is 2.64. The van der Waals surface area contributed by atoms with Gasteiger partial charge in [0.05, 0.1) is 0 Å². The first-order valence-corrected chi connectivity index (χ1v) is 8.62. The molecule has 0 saturated heterocycles. The number of rotatable bonds is 4. The number of hydrogen-bond acceptors (Lipinski definition) is 6. The maximum Gasteiger partial charge on any atom is 0.231 e. The fourth-order valence-electron chi connectivity index (χ4n) is 5.08. The van der Waals surface area contributed by atoms with Crippen LogP contribution < -0.4 is 9.47 Å². The van der Waals surface area contributed by atoms with E-state index in [0.29, 0.717) is 17.9 Å². The molecule has 6 nitrogen and oxygen atoms in total. The number of ketones is 1. The van der Waals surface area contributed by atoms with E-state index < -0.39 is 28.8 Å². The van der Waals surface area contributed by atoms with Crippen molar-refractivity contribution in [3.05, 3.63) is 48.3 Å². The van der Waals surface area contributed by atoms with E-state index in [1.807, 2.05) is 19.1 Å². The molecule has 5 atom stereocenters. The summed E-state index contributed by atoms with van der Waals surface area (Å²) in [4.78, 5) is 13.0. The van der Waals surface area contributed by atoms with Crippen LogP contribution in [0.1, 0.15) is 24.8 Å². The Balaban J connectivity index is 1.93. The zero-order valence-electron chi connectivity index (χ0n) is 14.8. The van der Waals surface area contributed by atoms with Crippen molar-refractivity contribution in [1.29, 1.82) is 0 Å². The van der Waals surface area contributed by atoms with Crippen LogP contribution in [-0.2, 0) is 9.53 Å². The van der Waals surface area contributed by atoms with Gasteiger partial charge >= 0.3 is 0 Å². The molecule has 0 amide bonds. The van der Waals surface area contributed by atoms with Gasteiger partial charge < -0.3 is 24.4 Å². The molecule has 138 valence electrons. The van der Waals surface area contributed by atoms with Crippen LogP contribution in [0.2, 0.25) is 0 Å². The number of Topliss-reactive ketones (excluding diaryl/α,β-unsaturated/α-hetero) is 1. The summed E-state index contributed by atoms with van der Waals surface area (Å²) in [6.45, 7) is 5.90. The second kappa shape index (κ2) is 5.59. The van der Waals surface area contributed by atoms with Crippen LogP contribution >= 0.6 is 0 Å². The van der Waals surface area contributed by atoms with Crippen LogP contribution in [0.5, 0.6) is 11.5 Å². The lowest BCUT2D eigenvalue weighted by Crippen LogP contribution is -2.57. The van der Waals surface area contributed by atoms with Crippen LogP contribution in [0.3, 0.4) is 0 Å². The predicted molar refractivity (Wildman–Crippen MR) is 93.2 cm³/mol. The molecule has 0 radical (unpaired) electrons.